The van der Waals surface area contributed by atoms with Gasteiger partial charge in [-0.25, -0.2) is 27.5 Å². The number of aromatic nitrogens is 2. The molecule has 0 radical (unpaired) electrons. The van der Waals surface area contributed by atoms with E-state index in [4.69, 9.17) is 16.0 Å². The number of aryl methyl sites for hydroxylation is 2. The number of benzene rings is 1. The van der Waals surface area contributed by atoms with E-state index in [-0.39, 0.29) is 15.7 Å². The van der Waals surface area contributed by atoms with E-state index in [2.05, 4.69) is 9.97 Å². The van der Waals surface area contributed by atoms with Gasteiger partial charge in [0.2, 0.25) is 5.95 Å². The Kier molecular flexibility index (Phi) is 4.80. The van der Waals surface area contributed by atoms with Crippen LogP contribution in [0.4, 0.5) is 11.6 Å². The molecule has 1 saturated heterocycles. The number of carboxylic acid groups (broad SMARTS) is 1. The second-order valence-corrected chi connectivity index (χ2v) is 8.50. The van der Waals surface area contributed by atoms with Gasteiger partial charge in [0.05, 0.1) is 10.4 Å². The number of sulfonamides is 1. The summed E-state index contributed by atoms with van der Waals surface area (Å²) in [6.45, 7) is 2.94. The van der Waals surface area contributed by atoms with Crippen molar-refractivity contribution in [1.29, 1.82) is 0 Å². The van der Waals surface area contributed by atoms with Gasteiger partial charge < -0.3 is 30.9 Å². The molecule has 2 heterocycles. The van der Waals surface area contributed by atoms with Crippen LogP contribution in [0.3, 0.4) is 0 Å². The van der Waals surface area contributed by atoms with Gasteiger partial charge in [0.25, 0.3) is 10.0 Å². The van der Waals surface area contributed by atoms with Gasteiger partial charge in [-0.05, 0) is 44.1 Å². The highest BCUT2D eigenvalue weighted by Gasteiger charge is 2.52. The molecule has 2 aromatic rings. The van der Waals surface area contributed by atoms with Crippen molar-refractivity contribution in [3.63, 3.8) is 0 Å². The van der Waals surface area contributed by atoms with Crippen molar-refractivity contribution < 1.29 is 43.9 Å². The zero-order valence-corrected chi connectivity index (χ0v) is 17.0. The van der Waals surface area contributed by atoms with Crippen LogP contribution >= 0.6 is 0 Å². The van der Waals surface area contributed by atoms with E-state index < -0.39 is 87.3 Å². The van der Waals surface area contributed by atoms with Crippen LogP contribution in [-0.4, -0.2) is 75.4 Å². The van der Waals surface area contributed by atoms with Crippen LogP contribution in [0.2, 0.25) is 0 Å². The fourth-order valence-corrected chi connectivity index (χ4v) is 4.26. The number of nitrogen functional groups attached to an aromatic ring is 1. The largest absolute Gasteiger partial charge is 0.479 e. The topological polar surface area (TPSA) is 196 Å². The first kappa shape index (κ1) is 17.8. The lowest BCUT2D eigenvalue weighted by Crippen LogP contribution is -2.65. The van der Waals surface area contributed by atoms with Gasteiger partial charge in [-0.2, -0.15) is 0 Å². The fraction of sp³-hybridized carbons (Fsp3) is 0.389. The van der Waals surface area contributed by atoms with E-state index in [0.29, 0.717) is 0 Å². The van der Waals surface area contributed by atoms with Gasteiger partial charge in [0.1, 0.15) is 18.3 Å². The SMILES string of the molecule is [2H]c1c([2H])c(S(=O)(=O)N(c2nc(C)cc(C)n2)[C@@H]2O[C@H](C(=O)O)[C@@H](O)[C@H](O)C2O)c([2H])c([2H])c1N. The average molecular weight is 458 g/mol. The molecule has 1 fully saturated rings. The lowest BCUT2D eigenvalue weighted by molar-refractivity contribution is -0.224. The molecular weight excluding hydrogens is 432 g/mol. The molecule has 0 saturated carbocycles. The molecule has 6 N–H and O–H groups in total. The van der Waals surface area contributed by atoms with Crippen molar-refractivity contribution in [2.45, 2.75) is 49.4 Å². The number of aliphatic carboxylic acids is 1. The van der Waals surface area contributed by atoms with E-state index in [1.807, 2.05) is 0 Å². The molecule has 31 heavy (non-hydrogen) atoms. The predicted molar refractivity (Wildman–Crippen MR) is 106 cm³/mol. The van der Waals surface area contributed by atoms with Crippen LogP contribution in [0.25, 0.3) is 0 Å². The number of nitrogens with zero attached hydrogens (tertiary/aromatic N) is 3. The Balaban J connectivity index is 2.35. The molecule has 0 aliphatic carbocycles. The molecule has 1 aliphatic heterocycles. The summed E-state index contributed by atoms with van der Waals surface area (Å²) in [5.41, 5.74) is 5.37. The molecule has 13 heteroatoms. The summed E-state index contributed by atoms with van der Waals surface area (Å²) in [5.74, 6) is -2.48. The van der Waals surface area contributed by atoms with Crippen LogP contribution in [-0.2, 0) is 19.6 Å². The minimum atomic E-state index is -5.27. The van der Waals surface area contributed by atoms with E-state index >= 15 is 0 Å². The Morgan fingerprint density at radius 2 is 1.65 bits per heavy atom. The summed E-state index contributed by atoms with van der Waals surface area (Å²) in [6, 6.07) is -2.38. The molecule has 168 valence electrons. The van der Waals surface area contributed by atoms with Gasteiger partial charge in [-0.1, -0.05) is 0 Å². The maximum Gasteiger partial charge on any atom is 0.335 e. The fourth-order valence-electron chi connectivity index (χ4n) is 2.96. The van der Waals surface area contributed by atoms with Gasteiger partial charge in [-0.15, -0.1) is 0 Å². The Bertz CT molecular complexity index is 1250. The normalized spacial score (nSPS) is 28.2. The lowest BCUT2D eigenvalue weighted by atomic mass is 9.98. The molecule has 12 nitrogen and oxygen atoms in total. The molecular formula is C18H22N4O8S. The maximum absolute atomic E-state index is 13.8. The first-order valence-electron chi connectivity index (χ1n) is 10.8. The molecule has 1 aliphatic rings. The van der Waals surface area contributed by atoms with Crippen molar-refractivity contribution in [2.24, 2.45) is 0 Å². The Morgan fingerprint density at radius 1 is 1.10 bits per heavy atom. The summed E-state index contributed by atoms with van der Waals surface area (Å²) in [6.07, 6.45) is -11.0. The molecule has 0 bridgehead atoms. The highest BCUT2D eigenvalue weighted by molar-refractivity contribution is 7.92. The highest BCUT2D eigenvalue weighted by Crippen LogP contribution is 2.31. The van der Waals surface area contributed by atoms with Crippen LogP contribution in [0.15, 0.2) is 35.1 Å². The number of hydrogen-bond donors (Lipinski definition) is 5. The third-order valence-corrected chi connectivity index (χ3v) is 5.98. The number of rotatable bonds is 5. The van der Waals surface area contributed by atoms with Crippen molar-refractivity contribution in [3.05, 3.63) is 41.6 Å². The summed E-state index contributed by atoms with van der Waals surface area (Å²) >= 11 is 0. The number of ether oxygens (including phenoxy) is 1. The summed E-state index contributed by atoms with van der Waals surface area (Å²) in [4.78, 5) is 18.4. The first-order valence-corrected chi connectivity index (χ1v) is 10.2. The molecule has 5 atom stereocenters. The Hall–Kier alpha value is -2.84. The lowest BCUT2D eigenvalue weighted by Gasteiger charge is -2.42. The highest BCUT2D eigenvalue weighted by atomic mass is 32.2. The molecule has 0 spiro atoms. The maximum atomic E-state index is 13.8. The predicted octanol–water partition coefficient (Wildman–Crippen LogP) is -1.24. The van der Waals surface area contributed by atoms with Gasteiger partial charge in [-0.3, -0.25) is 0 Å². The Labute approximate surface area is 183 Å². The third-order valence-electron chi connectivity index (χ3n) is 4.37. The quantitative estimate of drug-likeness (QED) is 0.336. The van der Waals surface area contributed by atoms with Gasteiger partial charge in [0, 0.05) is 17.1 Å². The van der Waals surface area contributed by atoms with Gasteiger partial charge in [0.15, 0.2) is 12.3 Å². The second kappa shape index (κ2) is 8.36. The number of hydrogen-bond acceptors (Lipinski definition) is 10. The first-order chi connectivity index (χ1) is 16.1. The van der Waals surface area contributed by atoms with Crippen LogP contribution in [0.5, 0.6) is 0 Å². The van der Waals surface area contributed by atoms with Crippen LogP contribution in [0, 0.1) is 13.8 Å². The molecule has 1 aromatic carbocycles. The number of aliphatic hydroxyl groups is 3. The van der Waals surface area contributed by atoms with Crippen molar-refractivity contribution in [3.8, 4) is 0 Å². The number of nitrogens with two attached hydrogens (primary N) is 1. The van der Waals surface area contributed by atoms with Crippen LogP contribution < -0.4 is 10.0 Å². The van der Waals surface area contributed by atoms with Gasteiger partial charge >= 0.3 is 5.97 Å². The average Bonchev–Trinajstić information content (AvgIpc) is 2.75. The molecule has 1 aromatic heterocycles. The van der Waals surface area contributed by atoms with Crippen LogP contribution in [0.1, 0.15) is 16.9 Å². The number of aliphatic hydroxyl groups excluding tert-OH is 3. The second-order valence-electron chi connectivity index (χ2n) is 6.75. The smallest absolute Gasteiger partial charge is 0.335 e. The van der Waals surface area contributed by atoms with Crippen molar-refractivity contribution >= 4 is 27.6 Å². The van der Waals surface area contributed by atoms with E-state index in [1.54, 1.807) is 0 Å². The summed E-state index contributed by atoms with van der Waals surface area (Å²) in [7, 11) is -5.27. The van der Waals surface area contributed by atoms with E-state index in [0.717, 1.165) is 0 Å². The summed E-state index contributed by atoms with van der Waals surface area (Å²) < 4.78 is 65.0. The number of carboxylic acids is 1. The molecule has 3 rings (SSSR count). The minimum absolute atomic E-state index is 0.156. The third kappa shape index (κ3) is 4.31. The van der Waals surface area contributed by atoms with E-state index in [9.17, 15) is 33.6 Å². The number of anilines is 2. The van der Waals surface area contributed by atoms with Crippen molar-refractivity contribution in [1.82, 2.24) is 9.97 Å². The zero-order valence-electron chi connectivity index (χ0n) is 20.2. The Morgan fingerprint density at radius 3 is 2.16 bits per heavy atom. The zero-order chi connectivity index (χ0) is 26.6. The molecule has 1 unspecified atom stereocenters. The van der Waals surface area contributed by atoms with Crippen molar-refractivity contribution in [2.75, 3.05) is 10.0 Å². The summed E-state index contributed by atoms with van der Waals surface area (Å²) in [5, 5.41) is 40.2. The monoisotopic (exact) mass is 458 g/mol. The minimum Gasteiger partial charge on any atom is -0.479 e. The standard InChI is InChI=1S/C18H22N4O8S/c1-8-7-9(2)21-18(20-8)22(31(28,29)11-5-3-10(19)4-6-11)16-14(25)12(23)13(24)15(30-16)17(26)27/h3-7,12-16,23-25H,19H2,1-2H3,(H,26,27)/t12-,13-,14?,15-,16+/m0/s1/i3D,4D,5D,6D. The molecule has 0 amide bonds. The number of carbonyl (C=O) groups is 1. The van der Waals surface area contributed by atoms with E-state index in [1.165, 1.54) is 19.9 Å².